The predicted molar refractivity (Wildman–Crippen MR) is 80.7 cm³/mol. The van der Waals surface area contributed by atoms with Crippen molar-refractivity contribution in [2.45, 2.75) is 68.2 Å². The molecule has 0 aromatic carbocycles. The summed E-state index contributed by atoms with van der Waals surface area (Å²) in [5, 5.41) is 22.8. The third-order valence-corrected chi connectivity index (χ3v) is 3.91. The summed E-state index contributed by atoms with van der Waals surface area (Å²) in [6.07, 6.45) is -23.9. The number of amides is 1. The zero-order chi connectivity index (χ0) is 28.9. The van der Waals surface area contributed by atoms with Crippen molar-refractivity contribution in [2.75, 3.05) is 13.1 Å². The van der Waals surface area contributed by atoms with Gasteiger partial charge in [-0.25, -0.2) is 0 Å². The molecule has 1 saturated heterocycles. The molecule has 1 aliphatic heterocycles. The van der Waals surface area contributed by atoms with Gasteiger partial charge in [-0.1, -0.05) is 0 Å². The number of nitrogens with one attached hydrogen (secondary N) is 1. The predicted octanol–water partition coefficient (Wildman–Crippen LogP) is 1.17. The maximum Gasteiger partial charge on any atom is 0.237 e. The molecular formula is C17H25N3O2. The van der Waals surface area contributed by atoms with Crippen LogP contribution in [-0.2, 0) is 4.79 Å². The zero-order valence-electron chi connectivity index (χ0n) is 26.6. The van der Waals surface area contributed by atoms with Crippen LogP contribution in [-0.4, -0.2) is 46.2 Å². The fourth-order valence-corrected chi connectivity index (χ4v) is 3.01. The van der Waals surface area contributed by atoms with E-state index in [2.05, 4.69) is 0 Å². The van der Waals surface area contributed by atoms with Crippen LogP contribution in [0.1, 0.15) is 71.6 Å². The van der Waals surface area contributed by atoms with Crippen molar-refractivity contribution >= 4 is 5.91 Å². The van der Waals surface area contributed by atoms with Crippen LogP contribution in [0.5, 0.6) is 0 Å². The Hall–Kier alpha value is -1.12. The monoisotopic (exact) mass is 318 g/mol. The average molecular weight is 318 g/mol. The molecule has 5 aliphatic rings. The molecule has 4 saturated carbocycles. The first kappa shape index (κ1) is 5.46. The van der Waals surface area contributed by atoms with E-state index in [1.165, 1.54) is 0 Å². The molecule has 3 unspecified atom stereocenters. The number of nitriles is 1. The number of carbonyl (C=O) groups is 1. The highest BCUT2D eigenvalue weighted by atomic mass is 16.3. The number of rotatable bonds is 3. The summed E-state index contributed by atoms with van der Waals surface area (Å²) < 4.78 is 128. The van der Waals surface area contributed by atoms with E-state index in [0.717, 1.165) is 4.90 Å². The van der Waals surface area contributed by atoms with Crippen molar-refractivity contribution in [3.05, 3.63) is 0 Å². The zero-order valence-corrected chi connectivity index (χ0v) is 11.6. The molecule has 0 spiro atoms. The van der Waals surface area contributed by atoms with Crippen molar-refractivity contribution in [1.29, 1.82) is 5.26 Å². The van der Waals surface area contributed by atoms with Gasteiger partial charge >= 0.3 is 0 Å². The lowest BCUT2D eigenvalue weighted by atomic mass is 9.51. The van der Waals surface area contributed by atoms with E-state index in [-0.39, 0.29) is 19.4 Å². The van der Waals surface area contributed by atoms with Gasteiger partial charge in [0.15, 0.2) is 0 Å². The van der Waals surface area contributed by atoms with Crippen molar-refractivity contribution in [3.63, 3.8) is 0 Å². The van der Waals surface area contributed by atoms with Gasteiger partial charge in [-0.3, -0.25) is 4.79 Å². The van der Waals surface area contributed by atoms with Gasteiger partial charge in [0.1, 0.15) is 6.02 Å². The van der Waals surface area contributed by atoms with E-state index < -0.39 is 79.6 Å². The number of aliphatic hydroxyl groups is 1. The molecule has 4 aliphatic carbocycles. The van der Waals surface area contributed by atoms with Crippen LogP contribution in [0.15, 0.2) is 0 Å². The molecule has 1 heterocycles. The molecule has 0 radical (unpaired) electrons. The largest absolute Gasteiger partial charge is 0.390 e. The quantitative estimate of drug-likeness (QED) is 0.819. The fourth-order valence-electron chi connectivity index (χ4n) is 3.01. The maximum absolute atomic E-state index is 13.0. The number of hydrogen-bond donors (Lipinski definition) is 2. The normalized spacial score (nSPS) is 79.8. The molecule has 0 aromatic rings. The molecular weight excluding hydrogens is 278 g/mol. The van der Waals surface area contributed by atoms with Gasteiger partial charge in [-0.2, -0.15) is 5.26 Å². The van der Waals surface area contributed by atoms with Crippen molar-refractivity contribution < 1.29 is 30.5 Å². The van der Waals surface area contributed by atoms with Crippen molar-refractivity contribution in [2.24, 2.45) is 11.8 Å². The smallest absolute Gasteiger partial charge is 0.237 e. The van der Waals surface area contributed by atoms with E-state index >= 15 is 0 Å². The van der Waals surface area contributed by atoms with Crippen LogP contribution in [0, 0.1) is 23.1 Å². The Kier molecular flexibility index (Phi) is 1.23. The highest BCUT2D eigenvalue weighted by molar-refractivity contribution is 5.79. The minimum atomic E-state index is -4.16. The third kappa shape index (κ3) is 2.33. The van der Waals surface area contributed by atoms with Crippen LogP contribution < -0.4 is 5.32 Å². The molecule has 5 nitrogen and oxygen atoms in total. The number of likely N-dealkylation sites (tertiary alicyclic amines) is 1. The minimum absolute atomic E-state index is 0.0467. The summed E-state index contributed by atoms with van der Waals surface area (Å²) in [7, 11) is 0. The Morgan fingerprint density at radius 3 is 2.86 bits per heavy atom. The summed E-state index contributed by atoms with van der Waals surface area (Å²) in [6.45, 7) is -1.31. The molecule has 22 heavy (non-hydrogen) atoms. The van der Waals surface area contributed by atoms with E-state index in [1.807, 2.05) is 5.32 Å². The molecule has 0 aromatic heterocycles. The standard InChI is InChI=1S/C17H25N3O2/c18-9-14-2-1-3-20(14)15(21)10-19-16-5-12-4-13(6-16)8-17(22,7-12)11-16/h12-14,19,22H,1-8,10-11H2/t12-,13+,14?,16?,17?/i4D2,5D2,6D2,7D2,8D2,11D2,12D,13D,14D. The van der Waals surface area contributed by atoms with Crippen LogP contribution >= 0.6 is 0 Å². The van der Waals surface area contributed by atoms with Gasteiger partial charge < -0.3 is 15.3 Å². The van der Waals surface area contributed by atoms with Gasteiger partial charge in [0.05, 0.1) is 19.6 Å². The second kappa shape index (κ2) is 4.94. The summed E-state index contributed by atoms with van der Waals surface area (Å²) in [5.41, 5.74) is -7.89. The maximum atomic E-state index is 13.0. The van der Waals surface area contributed by atoms with Gasteiger partial charge in [-0.05, 0) is 62.9 Å². The minimum Gasteiger partial charge on any atom is -0.390 e. The molecule has 4 bridgehead atoms. The molecule has 5 heteroatoms. The number of hydrogen-bond acceptors (Lipinski definition) is 4. The van der Waals surface area contributed by atoms with E-state index in [1.54, 1.807) is 6.07 Å². The third-order valence-electron chi connectivity index (χ3n) is 3.91. The summed E-state index contributed by atoms with van der Waals surface area (Å²) in [4.78, 5) is 13.8. The lowest BCUT2D eigenvalue weighted by Gasteiger charge is -2.60. The van der Waals surface area contributed by atoms with Gasteiger partial charge in [0, 0.05) is 31.3 Å². The first-order chi connectivity index (χ1) is 16.3. The summed E-state index contributed by atoms with van der Waals surface area (Å²) >= 11 is 0. The molecule has 2 N–H and O–H groups in total. The molecule has 1 amide bonds. The lowest BCUT2D eigenvalue weighted by Crippen LogP contribution is -2.65. The SMILES string of the molecule is [2H]C1(C#N)CCCN1C(=O)CNC12C([2H])([2H])C3(O)C([2H])([2H])[C@@]([2H])(C1([2H])[2H])C([2H])([2H])[C@]([2H])(C3([2H])[2H])C2([2H])[2H]. The van der Waals surface area contributed by atoms with Crippen LogP contribution in [0.25, 0.3) is 0 Å². The highest BCUT2D eigenvalue weighted by Gasteiger charge is 2.57. The number of nitrogens with zero attached hydrogens (tertiary/aromatic N) is 2. The van der Waals surface area contributed by atoms with Crippen molar-refractivity contribution in [1.82, 2.24) is 10.2 Å². The molecule has 120 valence electrons. The van der Waals surface area contributed by atoms with Crippen LogP contribution in [0.4, 0.5) is 0 Å². The van der Waals surface area contributed by atoms with E-state index in [9.17, 15) is 15.2 Å². The van der Waals surface area contributed by atoms with E-state index in [4.69, 9.17) is 20.6 Å². The molecule has 5 atom stereocenters. The number of carbonyl (C=O) groups excluding carboxylic acids is 1. The summed E-state index contributed by atoms with van der Waals surface area (Å²) in [6, 6.07) is -0.395. The summed E-state index contributed by atoms with van der Waals surface area (Å²) in [5.74, 6) is -9.05. The molecule has 5 fully saturated rings. The van der Waals surface area contributed by atoms with Crippen LogP contribution in [0.2, 0.25) is 0 Å². The Morgan fingerprint density at radius 1 is 1.45 bits per heavy atom. The Balaban J connectivity index is 2.02. The first-order valence-corrected chi connectivity index (χ1v) is 6.98. The average Bonchev–Trinajstić information content (AvgIpc) is 3.15. The second-order valence-electron chi connectivity index (χ2n) is 5.52. The van der Waals surface area contributed by atoms with Gasteiger partial charge in [0.25, 0.3) is 0 Å². The van der Waals surface area contributed by atoms with Crippen molar-refractivity contribution in [3.8, 4) is 6.07 Å². The van der Waals surface area contributed by atoms with Crippen LogP contribution in [0.3, 0.4) is 0 Å². The van der Waals surface area contributed by atoms with Gasteiger partial charge in [-0.15, -0.1) is 0 Å². The van der Waals surface area contributed by atoms with Gasteiger partial charge in [0.2, 0.25) is 5.91 Å². The molecule has 5 rings (SSSR count). The fraction of sp³-hybridized carbons (Fsp3) is 0.882. The Labute approximate surface area is 152 Å². The second-order valence-corrected chi connectivity index (χ2v) is 5.52. The highest BCUT2D eigenvalue weighted by Crippen LogP contribution is 2.57. The Morgan fingerprint density at radius 2 is 2.18 bits per heavy atom. The Bertz CT molecular complexity index is 1010. The first-order valence-electron chi connectivity index (χ1n) is 14.5. The van der Waals surface area contributed by atoms with E-state index in [0.29, 0.717) is 0 Å². The lowest BCUT2D eigenvalue weighted by molar-refractivity contribution is -0.147. The topological polar surface area (TPSA) is 76.4 Å².